The average molecular weight is 368 g/mol. The number of para-hydroxylation sites is 1. The predicted molar refractivity (Wildman–Crippen MR) is 98.7 cm³/mol. The number of carboxylic acid groups (broad SMARTS) is 1. The Balaban J connectivity index is 1.63. The van der Waals surface area contributed by atoms with Crippen LogP contribution in [0.25, 0.3) is 0 Å². The number of hydrogen-bond acceptors (Lipinski definition) is 4. The molecule has 0 aliphatic carbocycles. The smallest absolute Gasteiger partial charge is 0.306 e. The number of nitrogens with zero attached hydrogens (tertiary/aromatic N) is 1. The first kappa shape index (κ1) is 18.6. The fraction of sp³-hybridized carbons (Fsp3) is 0.250. The molecular formula is C20H20N2O5. The van der Waals surface area contributed by atoms with E-state index in [0.717, 1.165) is 0 Å². The van der Waals surface area contributed by atoms with Crippen molar-refractivity contribution >= 4 is 23.5 Å². The molecule has 7 heteroatoms. The van der Waals surface area contributed by atoms with Gasteiger partial charge in [0, 0.05) is 29.9 Å². The molecule has 1 aliphatic heterocycles. The van der Waals surface area contributed by atoms with Crippen molar-refractivity contribution in [2.45, 2.75) is 12.5 Å². The number of benzene rings is 2. The molecule has 1 aliphatic rings. The van der Waals surface area contributed by atoms with Gasteiger partial charge in [-0.2, -0.15) is 0 Å². The van der Waals surface area contributed by atoms with Gasteiger partial charge in [-0.25, -0.2) is 0 Å². The van der Waals surface area contributed by atoms with Crippen LogP contribution in [0.2, 0.25) is 0 Å². The van der Waals surface area contributed by atoms with Gasteiger partial charge in [0.05, 0.1) is 19.1 Å². The molecule has 2 aromatic rings. The Morgan fingerprint density at radius 3 is 2.37 bits per heavy atom. The number of rotatable bonds is 5. The highest BCUT2D eigenvalue weighted by atomic mass is 16.5. The minimum Gasteiger partial charge on any atom is -0.481 e. The van der Waals surface area contributed by atoms with E-state index >= 15 is 0 Å². The molecular weight excluding hydrogens is 348 g/mol. The molecule has 1 atom stereocenters. The van der Waals surface area contributed by atoms with E-state index in [-0.39, 0.29) is 24.8 Å². The van der Waals surface area contributed by atoms with Gasteiger partial charge in [-0.05, 0) is 36.4 Å². The first-order chi connectivity index (χ1) is 13.0. The lowest BCUT2D eigenvalue weighted by Gasteiger charge is -2.32. The normalized spacial score (nSPS) is 16.6. The van der Waals surface area contributed by atoms with E-state index in [4.69, 9.17) is 9.84 Å². The number of morpholine rings is 1. The van der Waals surface area contributed by atoms with E-state index in [1.165, 1.54) is 0 Å². The number of carboxylic acids is 1. The minimum atomic E-state index is -0.955. The number of aliphatic carboxylic acids is 1. The van der Waals surface area contributed by atoms with E-state index in [2.05, 4.69) is 5.32 Å². The SMILES string of the molecule is O=C(O)CC1CN(C(=O)c2ccc(C(=O)Nc3ccccc3)cc2)CCO1. The average Bonchev–Trinajstić information content (AvgIpc) is 2.68. The second-order valence-corrected chi connectivity index (χ2v) is 6.24. The van der Waals surface area contributed by atoms with E-state index < -0.39 is 12.1 Å². The van der Waals surface area contributed by atoms with E-state index in [0.29, 0.717) is 30.0 Å². The molecule has 2 aromatic carbocycles. The third-order valence-electron chi connectivity index (χ3n) is 4.25. The summed E-state index contributed by atoms with van der Waals surface area (Å²) in [5, 5.41) is 11.7. The molecule has 140 valence electrons. The van der Waals surface area contributed by atoms with Crippen molar-refractivity contribution in [2.24, 2.45) is 0 Å². The molecule has 0 bridgehead atoms. The Bertz CT molecular complexity index is 820. The van der Waals surface area contributed by atoms with E-state index in [1.54, 1.807) is 41.3 Å². The van der Waals surface area contributed by atoms with Crippen molar-refractivity contribution in [3.8, 4) is 0 Å². The minimum absolute atomic E-state index is 0.137. The summed E-state index contributed by atoms with van der Waals surface area (Å²) < 4.78 is 5.38. The fourth-order valence-corrected chi connectivity index (χ4v) is 2.89. The van der Waals surface area contributed by atoms with Crippen LogP contribution in [0.3, 0.4) is 0 Å². The maximum atomic E-state index is 12.6. The summed E-state index contributed by atoms with van der Waals surface area (Å²) in [6.07, 6.45) is -0.640. The van der Waals surface area contributed by atoms with E-state index in [9.17, 15) is 14.4 Å². The van der Waals surface area contributed by atoms with Crippen LogP contribution < -0.4 is 5.32 Å². The lowest BCUT2D eigenvalue weighted by atomic mass is 10.1. The van der Waals surface area contributed by atoms with Gasteiger partial charge in [0.2, 0.25) is 0 Å². The molecule has 1 heterocycles. The molecule has 2 amide bonds. The molecule has 3 rings (SSSR count). The van der Waals surface area contributed by atoms with Crippen LogP contribution >= 0.6 is 0 Å². The van der Waals surface area contributed by atoms with E-state index in [1.807, 2.05) is 18.2 Å². The first-order valence-electron chi connectivity index (χ1n) is 8.62. The molecule has 7 nitrogen and oxygen atoms in total. The van der Waals surface area contributed by atoms with Crippen LogP contribution in [0.1, 0.15) is 27.1 Å². The highest BCUT2D eigenvalue weighted by molar-refractivity contribution is 6.05. The van der Waals surface area contributed by atoms with Gasteiger partial charge in [0.1, 0.15) is 0 Å². The van der Waals surface area contributed by atoms with Crippen LogP contribution in [0, 0.1) is 0 Å². The Kier molecular flexibility index (Phi) is 5.83. The number of ether oxygens (including phenoxy) is 1. The number of carbonyl (C=O) groups excluding carboxylic acids is 2. The highest BCUT2D eigenvalue weighted by Crippen LogP contribution is 2.15. The molecule has 2 N–H and O–H groups in total. The quantitative estimate of drug-likeness (QED) is 0.844. The highest BCUT2D eigenvalue weighted by Gasteiger charge is 2.26. The van der Waals surface area contributed by atoms with Crippen molar-refractivity contribution in [1.29, 1.82) is 0 Å². The lowest BCUT2D eigenvalue weighted by Crippen LogP contribution is -2.46. The standard InChI is InChI=1S/C20H20N2O5/c23-18(24)12-17-13-22(10-11-27-17)20(26)15-8-6-14(7-9-15)19(25)21-16-4-2-1-3-5-16/h1-9,17H,10-13H2,(H,21,25)(H,23,24). The van der Waals surface area contributed by atoms with Crippen molar-refractivity contribution < 1.29 is 24.2 Å². The van der Waals surface area contributed by atoms with Crippen molar-refractivity contribution in [1.82, 2.24) is 4.90 Å². The number of anilines is 1. The Morgan fingerprint density at radius 1 is 1.04 bits per heavy atom. The topological polar surface area (TPSA) is 95.9 Å². The third-order valence-corrected chi connectivity index (χ3v) is 4.25. The molecule has 1 fully saturated rings. The molecule has 1 unspecified atom stereocenters. The van der Waals surface area contributed by atoms with Gasteiger partial charge in [0.15, 0.2) is 0 Å². The number of nitrogens with one attached hydrogen (secondary N) is 1. The Labute approximate surface area is 156 Å². The summed E-state index contributed by atoms with van der Waals surface area (Å²) in [5.41, 5.74) is 1.59. The third kappa shape index (κ3) is 4.92. The monoisotopic (exact) mass is 368 g/mol. The summed E-state index contributed by atoms with van der Waals surface area (Å²) in [6.45, 7) is 0.952. The maximum Gasteiger partial charge on any atom is 0.306 e. The predicted octanol–water partition coefficient (Wildman–Crippen LogP) is 2.25. The Morgan fingerprint density at radius 2 is 1.70 bits per heavy atom. The zero-order valence-electron chi connectivity index (χ0n) is 14.6. The van der Waals surface area contributed by atoms with Crippen LogP contribution in [0.15, 0.2) is 54.6 Å². The van der Waals surface area contributed by atoms with Crippen molar-refractivity contribution in [3.63, 3.8) is 0 Å². The summed E-state index contributed by atoms with van der Waals surface area (Å²) in [4.78, 5) is 37.3. The van der Waals surface area contributed by atoms with Crippen molar-refractivity contribution in [3.05, 3.63) is 65.7 Å². The number of amides is 2. The largest absolute Gasteiger partial charge is 0.481 e. The molecule has 0 aromatic heterocycles. The second kappa shape index (κ2) is 8.46. The summed E-state index contributed by atoms with van der Waals surface area (Å²) in [5.74, 6) is -1.42. The van der Waals surface area contributed by atoms with Gasteiger partial charge in [-0.15, -0.1) is 0 Å². The lowest BCUT2D eigenvalue weighted by molar-refractivity contribution is -0.141. The van der Waals surface area contributed by atoms with Gasteiger partial charge in [-0.1, -0.05) is 18.2 Å². The molecule has 1 saturated heterocycles. The van der Waals surface area contributed by atoms with Gasteiger partial charge in [0.25, 0.3) is 11.8 Å². The molecule has 27 heavy (non-hydrogen) atoms. The fourth-order valence-electron chi connectivity index (χ4n) is 2.89. The van der Waals surface area contributed by atoms with Gasteiger partial charge >= 0.3 is 5.97 Å². The summed E-state index contributed by atoms with van der Waals surface area (Å²) in [6, 6.07) is 15.5. The maximum absolute atomic E-state index is 12.6. The second-order valence-electron chi connectivity index (χ2n) is 6.24. The van der Waals surface area contributed by atoms with Crippen molar-refractivity contribution in [2.75, 3.05) is 25.0 Å². The van der Waals surface area contributed by atoms with Crippen LogP contribution in [-0.2, 0) is 9.53 Å². The van der Waals surface area contributed by atoms with Crippen LogP contribution in [0.5, 0.6) is 0 Å². The summed E-state index contributed by atoms with van der Waals surface area (Å²) >= 11 is 0. The number of hydrogen-bond donors (Lipinski definition) is 2. The summed E-state index contributed by atoms with van der Waals surface area (Å²) in [7, 11) is 0. The van der Waals surface area contributed by atoms with Gasteiger partial charge < -0.3 is 20.1 Å². The zero-order chi connectivity index (χ0) is 19.2. The molecule has 0 saturated carbocycles. The van der Waals surface area contributed by atoms with Crippen LogP contribution in [-0.4, -0.2) is 53.6 Å². The molecule has 0 spiro atoms. The molecule has 0 radical (unpaired) electrons. The van der Waals surface area contributed by atoms with Gasteiger partial charge in [-0.3, -0.25) is 14.4 Å². The Hall–Kier alpha value is -3.19. The zero-order valence-corrected chi connectivity index (χ0v) is 14.6. The van der Waals surface area contributed by atoms with Crippen LogP contribution in [0.4, 0.5) is 5.69 Å². The first-order valence-corrected chi connectivity index (χ1v) is 8.62. The number of carbonyl (C=O) groups is 3.